The van der Waals surface area contributed by atoms with E-state index in [4.69, 9.17) is 0 Å². The second kappa shape index (κ2) is 11.9. The molecule has 0 bridgehead atoms. The standard InChI is InChI=1S/C29H34FN7O3S/c1-34(2)17-18-41(39,40)26-6-4-5-25(30)24(26)20-37-27(38)12-7-21-19-31-29(33-28(21)37)32-22-8-10-23(11-9-22)36-15-13-35(3)14-16-36/h4-12,19H,13-18,20H2,1-3H3,(H,31,32,33). The fourth-order valence-corrected chi connectivity index (χ4v) is 6.44. The largest absolute Gasteiger partial charge is 0.369 e. The third-order valence-electron chi connectivity index (χ3n) is 7.25. The van der Waals surface area contributed by atoms with E-state index in [2.05, 4.69) is 32.1 Å². The minimum atomic E-state index is -3.81. The Balaban J connectivity index is 1.44. The number of benzene rings is 2. The van der Waals surface area contributed by atoms with Crippen molar-refractivity contribution in [2.75, 3.05) is 69.8 Å². The van der Waals surface area contributed by atoms with E-state index in [-0.39, 0.29) is 40.9 Å². The van der Waals surface area contributed by atoms with E-state index in [0.29, 0.717) is 5.39 Å². The topological polar surface area (TPSA) is 104 Å². The normalized spacial score (nSPS) is 14.6. The Labute approximate surface area is 239 Å². The first-order valence-corrected chi connectivity index (χ1v) is 15.1. The van der Waals surface area contributed by atoms with Gasteiger partial charge in [0.1, 0.15) is 11.5 Å². The van der Waals surface area contributed by atoms with E-state index >= 15 is 4.39 Å². The van der Waals surface area contributed by atoms with Gasteiger partial charge in [-0.2, -0.15) is 4.98 Å². The molecule has 0 atom stereocenters. The summed E-state index contributed by atoms with van der Waals surface area (Å²) < 4.78 is 42.6. The third kappa shape index (κ3) is 6.55. The number of fused-ring (bicyclic) bond motifs is 1. The van der Waals surface area contributed by atoms with Crippen molar-refractivity contribution in [1.29, 1.82) is 0 Å². The average Bonchev–Trinajstić information content (AvgIpc) is 2.95. The summed E-state index contributed by atoms with van der Waals surface area (Å²) in [5.74, 6) is -0.616. The first-order valence-electron chi connectivity index (χ1n) is 13.4. The number of likely N-dealkylation sites (N-methyl/N-ethyl adjacent to an activating group) is 1. The van der Waals surface area contributed by atoms with Crippen LogP contribution < -0.4 is 15.8 Å². The molecule has 41 heavy (non-hydrogen) atoms. The van der Waals surface area contributed by atoms with E-state index in [0.717, 1.165) is 37.6 Å². The van der Waals surface area contributed by atoms with Gasteiger partial charge in [0.2, 0.25) is 5.95 Å². The molecule has 2 aromatic heterocycles. The van der Waals surface area contributed by atoms with Gasteiger partial charge < -0.3 is 20.0 Å². The SMILES string of the molecule is CN(C)CCS(=O)(=O)c1cccc(F)c1Cn1c(=O)ccc2cnc(Nc3ccc(N4CCN(C)CC4)cc3)nc21. The highest BCUT2D eigenvalue weighted by Crippen LogP contribution is 2.24. The summed E-state index contributed by atoms with van der Waals surface area (Å²) in [4.78, 5) is 28.2. The molecule has 0 aliphatic carbocycles. The van der Waals surface area contributed by atoms with Crippen LogP contribution in [-0.4, -0.2) is 92.4 Å². The Kier molecular flexibility index (Phi) is 8.34. The van der Waals surface area contributed by atoms with Crippen LogP contribution in [0.2, 0.25) is 0 Å². The van der Waals surface area contributed by atoms with Crippen LogP contribution in [0.3, 0.4) is 0 Å². The van der Waals surface area contributed by atoms with E-state index in [1.807, 2.05) is 24.3 Å². The molecule has 216 valence electrons. The Hall–Kier alpha value is -3.87. The molecule has 0 unspecified atom stereocenters. The van der Waals surface area contributed by atoms with Crippen LogP contribution >= 0.6 is 0 Å². The molecule has 0 spiro atoms. The van der Waals surface area contributed by atoms with Gasteiger partial charge in [0.05, 0.1) is 17.2 Å². The number of hydrogen-bond donors (Lipinski definition) is 1. The Morgan fingerprint density at radius 2 is 1.73 bits per heavy atom. The Morgan fingerprint density at radius 3 is 2.44 bits per heavy atom. The predicted molar refractivity (Wildman–Crippen MR) is 159 cm³/mol. The molecular formula is C29H34FN7O3S. The van der Waals surface area contributed by atoms with Crippen molar-refractivity contribution in [1.82, 2.24) is 24.3 Å². The molecule has 1 aliphatic heterocycles. The number of halogens is 1. The second-order valence-electron chi connectivity index (χ2n) is 10.5. The molecule has 3 heterocycles. The van der Waals surface area contributed by atoms with Crippen LogP contribution in [0.15, 0.2) is 70.5 Å². The summed E-state index contributed by atoms with van der Waals surface area (Å²) >= 11 is 0. The van der Waals surface area contributed by atoms with E-state index < -0.39 is 21.2 Å². The maximum Gasteiger partial charge on any atom is 0.252 e. The molecule has 4 aromatic rings. The summed E-state index contributed by atoms with van der Waals surface area (Å²) in [5.41, 5.74) is 1.67. The second-order valence-corrected chi connectivity index (χ2v) is 12.6. The molecule has 5 rings (SSSR count). The summed E-state index contributed by atoms with van der Waals surface area (Å²) in [5, 5.41) is 3.74. The van der Waals surface area contributed by atoms with Crippen molar-refractivity contribution in [3.05, 3.63) is 82.5 Å². The number of nitrogens with zero attached hydrogens (tertiary/aromatic N) is 6. The number of piperazine rings is 1. The van der Waals surface area contributed by atoms with E-state index in [9.17, 15) is 13.2 Å². The number of anilines is 3. The quantitative estimate of drug-likeness (QED) is 0.321. The maximum atomic E-state index is 15.1. The fraction of sp³-hybridized carbons (Fsp3) is 0.345. The Morgan fingerprint density at radius 1 is 1.00 bits per heavy atom. The third-order valence-corrected chi connectivity index (χ3v) is 9.02. The monoisotopic (exact) mass is 579 g/mol. The van der Waals surface area contributed by atoms with Crippen LogP contribution in [0.1, 0.15) is 5.56 Å². The molecule has 0 saturated carbocycles. The van der Waals surface area contributed by atoms with Crippen LogP contribution in [0, 0.1) is 5.82 Å². The lowest BCUT2D eigenvalue weighted by Gasteiger charge is -2.34. The smallest absolute Gasteiger partial charge is 0.252 e. The first kappa shape index (κ1) is 28.7. The van der Waals surface area contributed by atoms with Gasteiger partial charge in [-0.1, -0.05) is 6.07 Å². The van der Waals surface area contributed by atoms with Gasteiger partial charge in [0, 0.05) is 67.3 Å². The molecule has 1 saturated heterocycles. The Bertz CT molecular complexity index is 1700. The molecule has 0 radical (unpaired) electrons. The van der Waals surface area contributed by atoms with Crippen molar-refractivity contribution in [2.45, 2.75) is 11.4 Å². The number of pyridine rings is 1. The van der Waals surface area contributed by atoms with Gasteiger partial charge in [-0.15, -0.1) is 0 Å². The number of sulfone groups is 1. The zero-order chi connectivity index (χ0) is 29.1. The van der Waals surface area contributed by atoms with Gasteiger partial charge in [-0.3, -0.25) is 9.36 Å². The fourth-order valence-electron chi connectivity index (χ4n) is 4.79. The number of rotatable bonds is 9. The molecule has 0 amide bonds. The lowest BCUT2D eigenvalue weighted by atomic mass is 10.2. The molecule has 1 aliphatic rings. The highest BCUT2D eigenvalue weighted by Gasteiger charge is 2.23. The number of hydrogen-bond acceptors (Lipinski definition) is 9. The minimum absolute atomic E-state index is 0.0755. The number of aromatic nitrogens is 3. The first-order chi connectivity index (χ1) is 19.6. The molecule has 10 nitrogen and oxygen atoms in total. The molecular weight excluding hydrogens is 545 g/mol. The van der Waals surface area contributed by atoms with E-state index in [1.54, 1.807) is 31.3 Å². The average molecular weight is 580 g/mol. The van der Waals surface area contributed by atoms with Crippen LogP contribution in [0.5, 0.6) is 0 Å². The van der Waals surface area contributed by atoms with Gasteiger partial charge in [-0.05, 0) is 63.6 Å². The van der Waals surface area contributed by atoms with Crippen molar-refractivity contribution < 1.29 is 12.8 Å². The van der Waals surface area contributed by atoms with Gasteiger partial charge in [-0.25, -0.2) is 17.8 Å². The summed E-state index contributed by atoms with van der Waals surface area (Å²) in [7, 11) is 1.85. The molecule has 1 N–H and O–H groups in total. The van der Waals surface area contributed by atoms with Gasteiger partial charge >= 0.3 is 0 Å². The summed E-state index contributed by atoms with van der Waals surface area (Å²) in [6, 6.07) is 14.9. The zero-order valence-electron chi connectivity index (χ0n) is 23.4. The number of nitrogens with one attached hydrogen (secondary N) is 1. The van der Waals surface area contributed by atoms with Gasteiger partial charge in [0.25, 0.3) is 5.56 Å². The van der Waals surface area contributed by atoms with Crippen LogP contribution in [-0.2, 0) is 16.4 Å². The van der Waals surface area contributed by atoms with Crippen molar-refractivity contribution in [3.63, 3.8) is 0 Å². The molecule has 2 aromatic carbocycles. The lowest BCUT2D eigenvalue weighted by Crippen LogP contribution is -2.44. The zero-order valence-corrected chi connectivity index (χ0v) is 24.2. The maximum absolute atomic E-state index is 15.1. The van der Waals surface area contributed by atoms with Crippen molar-refractivity contribution >= 4 is 38.2 Å². The predicted octanol–water partition coefficient (Wildman–Crippen LogP) is 2.81. The highest BCUT2D eigenvalue weighted by molar-refractivity contribution is 7.91. The van der Waals surface area contributed by atoms with Gasteiger partial charge in [0.15, 0.2) is 9.84 Å². The summed E-state index contributed by atoms with van der Waals surface area (Å²) in [6.45, 7) is 3.96. The van der Waals surface area contributed by atoms with E-state index in [1.165, 1.54) is 28.8 Å². The van der Waals surface area contributed by atoms with Crippen molar-refractivity contribution in [3.8, 4) is 0 Å². The minimum Gasteiger partial charge on any atom is -0.369 e. The lowest BCUT2D eigenvalue weighted by molar-refractivity contribution is 0.313. The van der Waals surface area contributed by atoms with Crippen LogP contribution in [0.4, 0.5) is 21.7 Å². The van der Waals surface area contributed by atoms with Crippen molar-refractivity contribution in [2.24, 2.45) is 0 Å². The highest BCUT2D eigenvalue weighted by atomic mass is 32.2. The molecule has 12 heteroatoms. The summed E-state index contributed by atoms with van der Waals surface area (Å²) in [6.07, 6.45) is 1.58. The molecule has 1 fully saturated rings. The van der Waals surface area contributed by atoms with Crippen LogP contribution in [0.25, 0.3) is 11.0 Å².